The molecule has 1 heterocycles. The average Bonchev–Trinajstić information content (AvgIpc) is 3.03. The Hall–Kier alpha value is -1.33. The summed E-state index contributed by atoms with van der Waals surface area (Å²) in [5.74, 6) is -1.90. The van der Waals surface area contributed by atoms with E-state index in [1.165, 1.54) is 27.7 Å². The van der Waals surface area contributed by atoms with E-state index in [-0.39, 0.29) is 30.7 Å². The van der Waals surface area contributed by atoms with Crippen molar-refractivity contribution in [3.63, 3.8) is 0 Å². The molecule has 0 bridgehead atoms. The van der Waals surface area contributed by atoms with Crippen molar-refractivity contribution in [1.29, 1.82) is 0 Å². The Bertz CT molecular complexity index is 853. The molecule has 2 atom stereocenters. The SMILES string of the molecule is Cl.NCc1cnc(SSCC(N)C(=O)O)n1C1CCc2c(F)cc(F)cc2C1. The third-order valence-corrected chi connectivity index (χ3v) is 6.82. The smallest absolute Gasteiger partial charge is 0.321 e. The van der Waals surface area contributed by atoms with Crippen LogP contribution in [0.1, 0.15) is 29.3 Å². The number of aromatic nitrogens is 2. The Labute approximate surface area is 175 Å². The summed E-state index contributed by atoms with van der Waals surface area (Å²) in [6.07, 6.45) is 3.36. The van der Waals surface area contributed by atoms with E-state index in [0.717, 1.165) is 11.8 Å². The van der Waals surface area contributed by atoms with E-state index in [4.69, 9.17) is 16.6 Å². The summed E-state index contributed by atoms with van der Waals surface area (Å²) in [6.45, 7) is 0.285. The second-order valence-corrected chi connectivity index (χ2v) is 8.65. The van der Waals surface area contributed by atoms with Gasteiger partial charge >= 0.3 is 5.97 Å². The van der Waals surface area contributed by atoms with Gasteiger partial charge in [0.25, 0.3) is 0 Å². The van der Waals surface area contributed by atoms with Gasteiger partial charge in [0.2, 0.25) is 0 Å². The van der Waals surface area contributed by atoms with Crippen molar-refractivity contribution in [2.45, 2.75) is 43.0 Å². The molecule has 6 nitrogen and oxygen atoms in total. The summed E-state index contributed by atoms with van der Waals surface area (Å²) in [4.78, 5) is 15.2. The molecule has 1 aromatic heterocycles. The van der Waals surface area contributed by atoms with Crippen molar-refractivity contribution < 1.29 is 18.7 Å². The van der Waals surface area contributed by atoms with Crippen molar-refractivity contribution >= 4 is 40.0 Å². The van der Waals surface area contributed by atoms with Gasteiger partial charge in [0.05, 0.1) is 11.9 Å². The van der Waals surface area contributed by atoms with Crippen molar-refractivity contribution in [3.8, 4) is 0 Å². The zero-order chi connectivity index (χ0) is 19.6. The molecule has 154 valence electrons. The van der Waals surface area contributed by atoms with Gasteiger partial charge in [-0.2, -0.15) is 0 Å². The van der Waals surface area contributed by atoms with Gasteiger partial charge in [0, 0.05) is 24.4 Å². The Morgan fingerprint density at radius 1 is 1.43 bits per heavy atom. The molecule has 11 heteroatoms. The Morgan fingerprint density at radius 2 is 2.18 bits per heavy atom. The maximum atomic E-state index is 14.0. The van der Waals surface area contributed by atoms with Crippen molar-refractivity contribution in [3.05, 3.63) is 46.8 Å². The van der Waals surface area contributed by atoms with Crippen LogP contribution < -0.4 is 11.5 Å². The number of carboxylic acids is 1. The summed E-state index contributed by atoms with van der Waals surface area (Å²) in [5, 5.41) is 9.56. The summed E-state index contributed by atoms with van der Waals surface area (Å²) >= 11 is 0. The first kappa shape index (κ1) is 23.0. The number of halogens is 3. The van der Waals surface area contributed by atoms with Crippen LogP contribution in [0.2, 0.25) is 0 Å². The predicted octanol–water partition coefficient (Wildman–Crippen LogP) is 2.92. The van der Waals surface area contributed by atoms with Crippen molar-refractivity contribution in [2.75, 3.05) is 5.75 Å². The molecule has 1 aromatic carbocycles. The highest BCUT2D eigenvalue weighted by atomic mass is 35.5. The van der Waals surface area contributed by atoms with Crippen LogP contribution in [0.3, 0.4) is 0 Å². The minimum Gasteiger partial charge on any atom is -0.480 e. The Balaban J connectivity index is 0.00000280. The number of hydrogen-bond donors (Lipinski definition) is 3. The number of aliphatic carboxylic acids is 1. The van der Waals surface area contributed by atoms with Gasteiger partial charge in [0.1, 0.15) is 17.7 Å². The number of nitrogens with two attached hydrogens (primary N) is 2. The minimum atomic E-state index is -1.05. The number of fused-ring (bicyclic) bond motifs is 1. The molecule has 0 fully saturated rings. The summed E-state index contributed by atoms with van der Waals surface area (Å²) in [5.41, 5.74) is 13.4. The van der Waals surface area contributed by atoms with Gasteiger partial charge < -0.3 is 21.1 Å². The van der Waals surface area contributed by atoms with Crippen LogP contribution in [-0.4, -0.2) is 32.4 Å². The number of rotatable bonds is 7. The maximum absolute atomic E-state index is 14.0. The second-order valence-electron chi connectivity index (χ2n) is 6.34. The van der Waals surface area contributed by atoms with Gasteiger partial charge in [0.15, 0.2) is 5.16 Å². The molecule has 5 N–H and O–H groups in total. The number of hydrogen-bond acceptors (Lipinski definition) is 6. The molecule has 0 aliphatic heterocycles. The number of nitrogens with zero attached hydrogens (tertiary/aromatic N) is 2. The first-order chi connectivity index (χ1) is 12.9. The van der Waals surface area contributed by atoms with E-state index in [0.29, 0.717) is 35.5 Å². The van der Waals surface area contributed by atoms with Crippen LogP contribution in [0.4, 0.5) is 8.78 Å². The molecular weight excluding hydrogens is 430 g/mol. The maximum Gasteiger partial charge on any atom is 0.321 e. The number of benzene rings is 1. The molecule has 0 saturated heterocycles. The Morgan fingerprint density at radius 3 is 2.86 bits per heavy atom. The van der Waals surface area contributed by atoms with Gasteiger partial charge in [-0.05, 0) is 47.2 Å². The van der Waals surface area contributed by atoms with Gasteiger partial charge in [-0.3, -0.25) is 4.79 Å². The molecule has 3 rings (SSSR count). The lowest BCUT2D eigenvalue weighted by Gasteiger charge is -2.28. The van der Waals surface area contributed by atoms with Crippen LogP contribution in [-0.2, 0) is 24.2 Å². The van der Waals surface area contributed by atoms with Crippen LogP contribution in [0.25, 0.3) is 0 Å². The molecule has 28 heavy (non-hydrogen) atoms. The molecule has 0 spiro atoms. The first-order valence-corrected chi connectivity index (χ1v) is 10.7. The number of imidazole rings is 1. The highest BCUT2D eigenvalue weighted by molar-refractivity contribution is 8.76. The lowest BCUT2D eigenvalue weighted by molar-refractivity contribution is -0.137. The largest absolute Gasteiger partial charge is 0.480 e. The second kappa shape index (κ2) is 9.93. The fraction of sp³-hybridized carbons (Fsp3) is 0.412. The predicted molar refractivity (Wildman–Crippen MR) is 109 cm³/mol. The monoisotopic (exact) mass is 450 g/mol. The lowest BCUT2D eigenvalue weighted by atomic mass is 9.87. The number of carbonyl (C=O) groups is 1. The van der Waals surface area contributed by atoms with E-state index in [1.54, 1.807) is 6.20 Å². The zero-order valence-electron chi connectivity index (χ0n) is 14.8. The first-order valence-electron chi connectivity index (χ1n) is 8.41. The molecular formula is C17H21ClF2N4O2S2. The summed E-state index contributed by atoms with van der Waals surface area (Å²) < 4.78 is 29.6. The highest BCUT2D eigenvalue weighted by Gasteiger charge is 2.27. The fourth-order valence-electron chi connectivity index (χ4n) is 3.22. The summed E-state index contributed by atoms with van der Waals surface area (Å²) in [6, 6.07) is 1.34. The zero-order valence-corrected chi connectivity index (χ0v) is 17.3. The molecule has 0 saturated carbocycles. The number of carboxylic acid groups (broad SMARTS) is 1. The normalized spacial score (nSPS) is 16.9. The van der Waals surface area contributed by atoms with Crippen molar-refractivity contribution in [2.24, 2.45) is 11.5 Å². The van der Waals surface area contributed by atoms with E-state index in [1.807, 2.05) is 4.57 Å². The minimum absolute atomic E-state index is 0. The van der Waals surface area contributed by atoms with Crippen LogP contribution >= 0.6 is 34.0 Å². The quantitative estimate of drug-likeness (QED) is 0.556. The van der Waals surface area contributed by atoms with E-state index in [9.17, 15) is 13.6 Å². The average molecular weight is 451 g/mol. The molecule has 2 unspecified atom stereocenters. The highest BCUT2D eigenvalue weighted by Crippen LogP contribution is 2.37. The Kier molecular flexibility index (Phi) is 8.14. The van der Waals surface area contributed by atoms with Crippen molar-refractivity contribution in [1.82, 2.24) is 9.55 Å². The molecule has 1 aliphatic rings. The molecule has 2 aromatic rings. The third kappa shape index (κ3) is 4.98. The summed E-state index contributed by atoms with van der Waals surface area (Å²) in [7, 11) is 2.63. The third-order valence-electron chi connectivity index (χ3n) is 4.55. The molecule has 0 radical (unpaired) electrons. The van der Waals surface area contributed by atoms with Crippen LogP contribution in [0.5, 0.6) is 0 Å². The molecule has 0 amide bonds. The standard InChI is InChI=1S/C17H20F2N4O2S2.ClH/c18-10-3-9-4-11(1-2-13(9)14(19)5-10)23-12(6-20)7-22-17(23)27-26-8-15(21)16(24)25;/h3,5,7,11,15H,1-2,4,6,8,20-21H2,(H,24,25);1H. The van der Waals surface area contributed by atoms with Crippen LogP contribution in [0, 0.1) is 11.6 Å². The topological polar surface area (TPSA) is 107 Å². The van der Waals surface area contributed by atoms with E-state index < -0.39 is 23.6 Å². The van der Waals surface area contributed by atoms with E-state index in [2.05, 4.69) is 4.98 Å². The van der Waals surface area contributed by atoms with Gasteiger partial charge in [-0.15, -0.1) is 12.4 Å². The van der Waals surface area contributed by atoms with Crippen LogP contribution in [0.15, 0.2) is 23.5 Å². The van der Waals surface area contributed by atoms with E-state index >= 15 is 0 Å². The van der Waals surface area contributed by atoms with Gasteiger partial charge in [-0.1, -0.05) is 10.8 Å². The fourth-order valence-corrected chi connectivity index (χ4v) is 5.45. The van der Waals surface area contributed by atoms with Gasteiger partial charge in [-0.25, -0.2) is 13.8 Å². The molecule has 1 aliphatic carbocycles. The lowest BCUT2D eigenvalue weighted by Crippen LogP contribution is -2.32.